The van der Waals surface area contributed by atoms with E-state index >= 15 is 0 Å². The van der Waals surface area contributed by atoms with Crippen LogP contribution in [0.25, 0.3) is 11.1 Å². The molecule has 1 aliphatic heterocycles. The zero-order chi connectivity index (χ0) is 26.5. The Bertz CT molecular complexity index is 1050. The molecule has 0 aliphatic carbocycles. The summed E-state index contributed by atoms with van der Waals surface area (Å²) in [7, 11) is 0. The van der Waals surface area contributed by atoms with Crippen LogP contribution in [0.1, 0.15) is 64.7 Å². The fourth-order valence-corrected chi connectivity index (χ4v) is 4.63. The van der Waals surface area contributed by atoms with Crippen molar-refractivity contribution in [3.8, 4) is 11.1 Å². The number of likely N-dealkylation sites (tertiary alicyclic amines) is 1. The smallest absolute Gasteiger partial charge is 0.410 e. The fourth-order valence-electron chi connectivity index (χ4n) is 4.63. The maximum absolute atomic E-state index is 12.5. The van der Waals surface area contributed by atoms with Gasteiger partial charge in [-0.3, -0.25) is 0 Å². The third-order valence-corrected chi connectivity index (χ3v) is 6.19. The van der Waals surface area contributed by atoms with Crippen molar-refractivity contribution >= 4 is 23.4 Å². The molecule has 7 heteroatoms. The number of carbonyl (C=O) groups excluding carboxylic acids is 2. The highest BCUT2D eigenvalue weighted by atomic mass is 16.6. The number of carbonyl (C=O) groups is 2. The lowest BCUT2D eigenvalue weighted by Gasteiger charge is -2.41. The van der Waals surface area contributed by atoms with Crippen LogP contribution in [0.15, 0.2) is 42.5 Å². The first-order chi connectivity index (χ1) is 17.0. The first kappa shape index (κ1) is 27.4. The number of nitrogens with zero attached hydrogens (tertiary/aromatic N) is 2. The van der Waals surface area contributed by atoms with E-state index in [0.717, 1.165) is 36.2 Å². The predicted octanol–water partition coefficient (Wildman–Crippen LogP) is 5.97. The lowest BCUT2D eigenvalue weighted by molar-refractivity contribution is 0.0204. The summed E-state index contributed by atoms with van der Waals surface area (Å²) < 4.78 is 10.8. The second kappa shape index (κ2) is 11.7. The number of rotatable bonds is 7. The van der Waals surface area contributed by atoms with Gasteiger partial charge < -0.3 is 25.0 Å². The molecular formula is C29H41N3O4. The lowest BCUT2D eigenvalue weighted by atomic mass is 9.97. The van der Waals surface area contributed by atoms with Crippen LogP contribution in [0.4, 0.5) is 16.2 Å². The van der Waals surface area contributed by atoms with E-state index in [1.165, 1.54) is 0 Å². The number of hydrogen-bond donors (Lipinski definition) is 1. The molecule has 2 N–H and O–H groups in total. The first-order valence-corrected chi connectivity index (χ1v) is 12.9. The average Bonchev–Trinajstić information content (AvgIpc) is 2.82. The van der Waals surface area contributed by atoms with Gasteiger partial charge >= 0.3 is 12.1 Å². The normalized spacial score (nSPS) is 14.6. The Morgan fingerprint density at radius 3 is 2.36 bits per heavy atom. The molecule has 0 spiro atoms. The predicted molar refractivity (Wildman–Crippen MR) is 145 cm³/mol. The van der Waals surface area contributed by atoms with Crippen molar-refractivity contribution < 1.29 is 19.1 Å². The molecule has 1 saturated heterocycles. The molecule has 0 aromatic heterocycles. The molecule has 36 heavy (non-hydrogen) atoms. The standard InChI is InChI=1S/C29H41N3O4/c1-7-35-27(33)24-11-9-8-10-23(24)21-12-13-26(25(30)18-21)32(19-20(2)3)22-14-16-31(17-15-22)28(34)36-29(4,5)6/h8-13,18,20,22H,7,14-17,19,30H2,1-6H3. The van der Waals surface area contributed by atoms with E-state index in [1.807, 2.05) is 51.1 Å². The Morgan fingerprint density at radius 1 is 1.11 bits per heavy atom. The topological polar surface area (TPSA) is 85.1 Å². The van der Waals surface area contributed by atoms with Gasteiger partial charge in [0.15, 0.2) is 0 Å². The van der Waals surface area contributed by atoms with Crippen molar-refractivity contribution in [1.29, 1.82) is 0 Å². The largest absolute Gasteiger partial charge is 0.462 e. The SMILES string of the molecule is CCOC(=O)c1ccccc1-c1ccc(N(CC(C)C)C2CCN(C(=O)OC(C)(C)C)CC2)c(N)c1. The van der Waals surface area contributed by atoms with E-state index in [4.69, 9.17) is 15.2 Å². The lowest BCUT2D eigenvalue weighted by Crippen LogP contribution is -2.49. The van der Waals surface area contributed by atoms with Gasteiger partial charge in [0.05, 0.1) is 23.5 Å². The zero-order valence-electron chi connectivity index (χ0n) is 22.5. The molecule has 1 aliphatic rings. The first-order valence-electron chi connectivity index (χ1n) is 12.9. The number of esters is 1. The van der Waals surface area contributed by atoms with Crippen LogP contribution in [0.2, 0.25) is 0 Å². The number of piperidine rings is 1. The molecule has 0 bridgehead atoms. The fraction of sp³-hybridized carbons (Fsp3) is 0.517. The number of nitrogens with two attached hydrogens (primary N) is 1. The summed E-state index contributed by atoms with van der Waals surface area (Å²) in [4.78, 5) is 29.2. The maximum Gasteiger partial charge on any atom is 0.410 e. The summed E-state index contributed by atoms with van der Waals surface area (Å²) in [6.45, 7) is 14.3. The Morgan fingerprint density at radius 2 is 1.78 bits per heavy atom. The average molecular weight is 496 g/mol. The zero-order valence-corrected chi connectivity index (χ0v) is 22.5. The molecule has 196 valence electrons. The summed E-state index contributed by atoms with van der Waals surface area (Å²) >= 11 is 0. The molecule has 0 radical (unpaired) electrons. The highest BCUT2D eigenvalue weighted by Crippen LogP contribution is 2.34. The van der Waals surface area contributed by atoms with Crippen molar-refractivity contribution in [2.45, 2.75) is 66.0 Å². The molecule has 0 saturated carbocycles. The third-order valence-electron chi connectivity index (χ3n) is 6.19. The van der Waals surface area contributed by atoms with Crippen LogP contribution < -0.4 is 10.6 Å². The van der Waals surface area contributed by atoms with Gasteiger partial charge in [-0.25, -0.2) is 9.59 Å². The van der Waals surface area contributed by atoms with Gasteiger partial charge in [-0.1, -0.05) is 38.1 Å². The van der Waals surface area contributed by atoms with Gasteiger partial charge in [-0.2, -0.15) is 0 Å². The number of hydrogen-bond acceptors (Lipinski definition) is 6. The number of benzene rings is 2. The Labute approximate surface area is 215 Å². The monoisotopic (exact) mass is 495 g/mol. The number of nitrogen functional groups attached to an aromatic ring is 1. The van der Waals surface area contributed by atoms with E-state index in [2.05, 4.69) is 24.8 Å². The minimum Gasteiger partial charge on any atom is -0.462 e. The van der Waals surface area contributed by atoms with E-state index in [1.54, 1.807) is 17.9 Å². The minimum absolute atomic E-state index is 0.250. The van der Waals surface area contributed by atoms with E-state index in [0.29, 0.717) is 36.9 Å². The molecule has 3 rings (SSSR count). The Kier molecular flexibility index (Phi) is 8.88. The summed E-state index contributed by atoms with van der Waals surface area (Å²) in [5.41, 5.74) is 9.99. The van der Waals surface area contributed by atoms with Crippen molar-refractivity contribution in [2.75, 3.05) is 36.9 Å². The number of ether oxygens (including phenoxy) is 2. The van der Waals surface area contributed by atoms with E-state index < -0.39 is 5.60 Å². The minimum atomic E-state index is -0.500. The van der Waals surface area contributed by atoms with Crippen LogP contribution in [-0.2, 0) is 9.47 Å². The summed E-state index contributed by atoms with van der Waals surface area (Å²) in [6.07, 6.45) is 1.44. The molecule has 2 aromatic carbocycles. The second-order valence-electron chi connectivity index (χ2n) is 10.8. The van der Waals surface area contributed by atoms with Crippen molar-refractivity contribution in [2.24, 2.45) is 5.92 Å². The molecule has 0 unspecified atom stereocenters. The molecule has 1 heterocycles. The quantitative estimate of drug-likeness (QED) is 0.376. The van der Waals surface area contributed by atoms with Gasteiger partial charge in [-0.15, -0.1) is 0 Å². The molecule has 2 aromatic rings. The number of amides is 1. The van der Waals surface area contributed by atoms with Crippen LogP contribution in [0.5, 0.6) is 0 Å². The van der Waals surface area contributed by atoms with Crippen LogP contribution in [0.3, 0.4) is 0 Å². The van der Waals surface area contributed by atoms with Gasteiger partial charge in [0.2, 0.25) is 0 Å². The van der Waals surface area contributed by atoms with E-state index in [-0.39, 0.29) is 18.1 Å². The van der Waals surface area contributed by atoms with E-state index in [9.17, 15) is 9.59 Å². The maximum atomic E-state index is 12.5. The third kappa shape index (κ3) is 6.93. The Hall–Kier alpha value is -3.22. The molecule has 1 amide bonds. The van der Waals surface area contributed by atoms with Crippen molar-refractivity contribution in [3.63, 3.8) is 0 Å². The number of anilines is 2. The highest BCUT2D eigenvalue weighted by molar-refractivity contribution is 5.98. The van der Waals surface area contributed by atoms with Gasteiger partial charge in [0.1, 0.15) is 5.60 Å². The molecule has 0 atom stereocenters. The van der Waals surface area contributed by atoms with Gasteiger partial charge in [-0.05, 0) is 75.8 Å². The molecular weight excluding hydrogens is 454 g/mol. The summed E-state index contributed by atoms with van der Waals surface area (Å²) in [6, 6.07) is 13.7. The van der Waals surface area contributed by atoms with Crippen molar-refractivity contribution in [3.05, 3.63) is 48.0 Å². The summed E-state index contributed by atoms with van der Waals surface area (Å²) in [5.74, 6) is 0.103. The van der Waals surface area contributed by atoms with Crippen LogP contribution in [0, 0.1) is 5.92 Å². The molecule has 1 fully saturated rings. The van der Waals surface area contributed by atoms with Crippen molar-refractivity contribution in [1.82, 2.24) is 4.90 Å². The molecule has 7 nitrogen and oxygen atoms in total. The second-order valence-corrected chi connectivity index (χ2v) is 10.8. The van der Waals surface area contributed by atoms with Crippen LogP contribution in [-0.4, -0.2) is 54.8 Å². The summed E-state index contributed by atoms with van der Waals surface area (Å²) in [5, 5.41) is 0. The van der Waals surface area contributed by atoms with Gasteiger partial charge in [0, 0.05) is 25.7 Å². The van der Waals surface area contributed by atoms with Gasteiger partial charge in [0.25, 0.3) is 0 Å². The highest BCUT2D eigenvalue weighted by Gasteiger charge is 2.30. The van der Waals surface area contributed by atoms with Crippen LogP contribution >= 0.6 is 0 Å². The Balaban J connectivity index is 1.82.